The van der Waals surface area contributed by atoms with Crippen molar-refractivity contribution in [1.82, 2.24) is 0 Å². The van der Waals surface area contributed by atoms with E-state index in [1.54, 1.807) is 0 Å². The molecule has 0 saturated heterocycles. The van der Waals surface area contributed by atoms with Gasteiger partial charge in [-0.05, 0) is 69.2 Å². The van der Waals surface area contributed by atoms with Crippen molar-refractivity contribution in [3.05, 3.63) is 165 Å². The fourth-order valence-corrected chi connectivity index (χ4v) is 8.54. The van der Waals surface area contributed by atoms with Crippen LogP contribution in [0.4, 0.5) is 0 Å². The van der Waals surface area contributed by atoms with Gasteiger partial charge < -0.3 is 0 Å². The van der Waals surface area contributed by atoms with Crippen LogP contribution < -0.4 is 0 Å². The Morgan fingerprint density at radius 2 is 1.12 bits per heavy atom. The zero-order valence-electron chi connectivity index (χ0n) is 38.2. The summed E-state index contributed by atoms with van der Waals surface area (Å²) in [5, 5.41) is 0. The number of allylic oxidation sites excluding steroid dienone is 8. The first-order chi connectivity index (χ1) is 26.5. The van der Waals surface area contributed by atoms with Gasteiger partial charge >= 0.3 is 28.4 Å². The van der Waals surface area contributed by atoms with E-state index < -0.39 is 0 Å². The van der Waals surface area contributed by atoms with Crippen LogP contribution in [0.15, 0.2) is 96.1 Å². The fourth-order valence-electron chi connectivity index (χ4n) is 8.54. The van der Waals surface area contributed by atoms with Crippen LogP contribution in [-0.4, -0.2) is 4.21 Å². The van der Waals surface area contributed by atoms with Crippen LogP contribution in [0, 0.1) is 36.1 Å². The zero-order valence-corrected chi connectivity index (χ0v) is 40.6. The number of hydrogen-bond donors (Lipinski definition) is 0. The van der Waals surface area contributed by atoms with Gasteiger partial charge in [-0.1, -0.05) is 139 Å². The quantitative estimate of drug-likeness (QED) is 0.148. The molecule has 0 aromatic heterocycles. The van der Waals surface area contributed by atoms with Gasteiger partial charge in [0, 0.05) is 5.41 Å². The standard InChI is InChI=1S/C25H25.C10H15.2C10H13.CH2.Zr/c1-14-12-24(3,4)22-8-16-7-17-9-23-19(15(2)13-25(23,5)6)11-21(17)20(16)10-18(14)22;1-7(2)10-6-8(3)5-9(10)4;2*1-10(2,3)9-7-5-4-6-8-9;;/h8-12H,7H2,1-6H3;6-8H,1-4H3;2*5-8H,1-3H3;1H2;/q4*-1;;. The van der Waals surface area contributed by atoms with E-state index in [4.69, 9.17) is 0 Å². The van der Waals surface area contributed by atoms with Crippen LogP contribution >= 0.6 is 0 Å². The first kappa shape index (κ1) is 46.3. The van der Waals surface area contributed by atoms with Crippen molar-refractivity contribution in [2.24, 2.45) is 11.8 Å². The van der Waals surface area contributed by atoms with Gasteiger partial charge in [-0.3, -0.25) is 12.2 Å². The van der Waals surface area contributed by atoms with Gasteiger partial charge in [0.05, 0.1) is 0 Å². The molecule has 0 bridgehead atoms. The Hall–Kier alpha value is -3.41. The summed E-state index contributed by atoms with van der Waals surface area (Å²) in [7, 11) is 0. The van der Waals surface area contributed by atoms with E-state index in [1.165, 1.54) is 102 Å². The number of fused-ring (bicyclic) bond motifs is 5. The number of rotatable bonds is 1. The van der Waals surface area contributed by atoms with E-state index in [2.05, 4.69) is 200 Å². The second-order valence-corrected chi connectivity index (χ2v) is 19.6. The second kappa shape index (κ2) is 18.2. The summed E-state index contributed by atoms with van der Waals surface area (Å²) in [5.74, 6) is 1.20. The van der Waals surface area contributed by atoms with Crippen molar-refractivity contribution >= 4 is 15.4 Å². The molecule has 0 aliphatic heterocycles. The predicted octanol–water partition coefficient (Wildman–Crippen LogP) is 15.0. The average Bonchev–Trinajstić information content (AvgIpc) is 3.82. The van der Waals surface area contributed by atoms with Crippen LogP contribution in [0.2, 0.25) is 0 Å². The van der Waals surface area contributed by atoms with Gasteiger partial charge in [0.15, 0.2) is 0 Å². The van der Waals surface area contributed by atoms with E-state index >= 15 is 0 Å². The molecule has 0 N–H and O–H groups in total. The Morgan fingerprint density at radius 1 is 0.667 bits per heavy atom. The van der Waals surface area contributed by atoms with Crippen LogP contribution in [0.1, 0.15) is 155 Å². The maximum absolute atomic E-state index is 3.65. The Bertz CT molecular complexity index is 2020. The van der Waals surface area contributed by atoms with Crippen LogP contribution in [0.5, 0.6) is 0 Å². The summed E-state index contributed by atoms with van der Waals surface area (Å²) in [6.07, 6.45) is 12.8. The molecule has 0 heterocycles. The normalized spacial score (nSPS) is 17.5. The molecule has 0 amide bonds. The van der Waals surface area contributed by atoms with Crippen molar-refractivity contribution < 1.29 is 24.2 Å². The molecule has 1 atom stereocenters. The molecule has 0 fully saturated rings. The topological polar surface area (TPSA) is 0 Å². The van der Waals surface area contributed by atoms with E-state index in [0.29, 0.717) is 11.8 Å². The third-order valence-electron chi connectivity index (χ3n) is 11.5. The monoisotopic (exact) mass is 830 g/mol. The molecule has 1 unspecified atom stereocenters. The molecule has 0 radical (unpaired) electrons. The first-order valence-electron chi connectivity index (χ1n) is 20.8. The molecule has 0 saturated carbocycles. The molecule has 1 heteroatoms. The molecule has 300 valence electrons. The summed E-state index contributed by atoms with van der Waals surface area (Å²) in [6, 6.07) is 32.1. The van der Waals surface area contributed by atoms with Gasteiger partial charge in [0.1, 0.15) is 0 Å². The third-order valence-corrected chi connectivity index (χ3v) is 11.5. The van der Waals surface area contributed by atoms with E-state index in [-0.39, 0.29) is 21.7 Å². The van der Waals surface area contributed by atoms with Crippen molar-refractivity contribution in [2.45, 2.75) is 139 Å². The molecule has 57 heavy (non-hydrogen) atoms. The molecule has 0 spiro atoms. The van der Waals surface area contributed by atoms with Gasteiger partial charge in [-0.25, -0.2) is 11.1 Å². The summed E-state index contributed by atoms with van der Waals surface area (Å²) < 4.78 is 3.34. The predicted molar refractivity (Wildman–Crippen MR) is 246 cm³/mol. The fraction of sp³-hybridized carbons (Fsp3) is 0.411. The van der Waals surface area contributed by atoms with Crippen LogP contribution in [-0.2, 0) is 52.3 Å². The van der Waals surface area contributed by atoms with E-state index in [1.807, 2.05) is 24.3 Å². The maximum atomic E-state index is 3.65. The first-order valence-corrected chi connectivity index (χ1v) is 22.5. The molecular formula is C56H68Zr-4. The average molecular weight is 832 g/mol. The molecule has 8 rings (SSSR count). The van der Waals surface area contributed by atoms with Gasteiger partial charge in [0.25, 0.3) is 0 Å². The summed E-state index contributed by atoms with van der Waals surface area (Å²) >= 11 is 1.30. The van der Waals surface area contributed by atoms with Gasteiger partial charge in [0.2, 0.25) is 0 Å². The summed E-state index contributed by atoms with van der Waals surface area (Å²) in [5.41, 5.74) is 20.7. The summed E-state index contributed by atoms with van der Waals surface area (Å²) in [4.78, 5) is 0. The minimum absolute atomic E-state index is 0.0340. The molecule has 4 aliphatic carbocycles. The molecule has 4 aliphatic rings. The van der Waals surface area contributed by atoms with E-state index in [0.717, 1.165) is 6.42 Å². The van der Waals surface area contributed by atoms with E-state index in [9.17, 15) is 0 Å². The van der Waals surface area contributed by atoms with Crippen molar-refractivity contribution in [3.8, 4) is 11.1 Å². The van der Waals surface area contributed by atoms with Crippen LogP contribution in [0.3, 0.4) is 0 Å². The van der Waals surface area contributed by atoms with Gasteiger partial charge in [-0.15, -0.1) is 11.6 Å². The molecular weight excluding hydrogens is 764 g/mol. The minimum atomic E-state index is 0.0340. The van der Waals surface area contributed by atoms with Crippen LogP contribution in [0.25, 0.3) is 22.3 Å². The molecule has 4 aromatic carbocycles. The molecule has 0 nitrogen and oxygen atoms in total. The Morgan fingerprint density at radius 3 is 1.51 bits per heavy atom. The zero-order chi connectivity index (χ0) is 42.7. The molecule has 4 aromatic rings. The summed E-state index contributed by atoms with van der Waals surface area (Å²) in [6.45, 7) is 35.7. The SMILES string of the molecule is CC(C)(C)c1cc[c-]cc1.CC(C)(C)c1cc[c-]cc1.CC1=[C-]C(C)(C)c2cc3c(cc21)-c1cc2c(cc1C3)C(C)(C)C=C2C.CC1=[C-]C(C)C=C1C(C)C.[CH2]=[Zr]. The number of benzene rings is 4. The third kappa shape index (κ3) is 11.0. The van der Waals surface area contributed by atoms with Crippen molar-refractivity contribution in [3.63, 3.8) is 0 Å². The Balaban J connectivity index is 0.000000188. The van der Waals surface area contributed by atoms with Crippen molar-refractivity contribution in [2.75, 3.05) is 0 Å². The Kier molecular flexibility index (Phi) is 14.8. The Labute approximate surface area is 364 Å². The van der Waals surface area contributed by atoms with Gasteiger partial charge in [-0.2, -0.15) is 89.0 Å². The second-order valence-electron chi connectivity index (χ2n) is 19.6. The number of hydrogen-bond acceptors (Lipinski definition) is 0. The van der Waals surface area contributed by atoms with Crippen molar-refractivity contribution in [1.29, 1.82) is 0 Å².